The first-order chi connectivity index (χ1) is 8.33. The van der Waals surface area contributed by atoms with Crippen molar-refractivity contribution in [3.05, 3.63) is 35.9 Å². The van der Waals surface area contributed by atoms with Crippen LogP contribution in [0, 0.1) is 0 Å². The van der Waals surface area contributed by atoms with Crippen LogP contribution in [0.2, 0.25) is 0 Å². The molecular weight excluding hydrogens is 278 g/mol. The molecule has 0 aliphatic carbocycles. The lowest BCUT2D eigenvalue weighted by molar-refractivity contribution is -0.121. The third kappa shape index (κ3) is 7.16. The zero-order valence-electron chi connectivity index (χ0n) is 10.1. The third-order valence-electron chi connectivity index (χ3n) is 2.59. The van der Waals surface area contributed by atoms with E-state index >= 15 is 0 Å². The fourth-order valence-corrected chi connectivity index (χ4v) is 2.03. The van der Waals surface area contributed by atoms with Crippen LogP contribution in [0.15, 0.2) is 30.3 Å². The van der Waals surface area contributed by atoms with Crippen molar-refractivity contribution >= 4 is 21.8 Å². The predicted octanol–water partition coefficient (Wildman–Crippen LogP) is 3.30. The molecular formula is C14H20BrNO. The van der Waals surface area contributed by atoms with Crippen LogP contribution in [0.4, 0.5) is 0 Å². The van der Waals surface area contributed by atoms with E-state index in [2.05, 4.69) is 33.4 Å². The zero-order valence-corrected chi connectivity index (χ0v) is 11.7. The topological polar surface area (TPSA) is 29.1 Å². The largest absolute Gasteiger partial charge is 0.356 e. The van der Waals surface area contributed by atoms with E-state index in [9.17, 15) is 4.79 Å². The highest BCUT2D eigenvalue weighted by Crippen LogP contribution is 2.02. The molecule has 0 radical (unpaired) electrons. The molecule has 0 aliphatic heterocycles. The average molecular weight is 298 g/mol. The highest BCUT2D eigenvalue weighted by atomic mass is 79.9. The summed E-state index contributed by atoms with van der Waals surface area (Å²) in [6.45, 7) is 0.780. The van der Waals surface area contributed by atoms with Gasteiger partial charge in [-0.15, -0.1) is 0 Å². The van der Waals surface area contributed by atoms with Gasteiger partial charge in [-0.1, -0.05) is 46.3 Å². The molecule has 0 atom stereocenters. The second-order valence-corrected chi connectivity index (χ2v) is 4.88. The molecule has 0 heterocycles. The number of benzene rings is 1. The predicted molar refractivity (Wildman–Crippen MR) is 75.4 cm³/mol. The van der Waals surface area contributed by atoms with E-state index in [0.29, 0.717) is 6.42 Å². The van der Waals surface area contributed by atoms with E-state index < -0.39 is 0 Å². The summed E-state index contributed by atoms with van der Waals surface area (Å²) in [4.78, 5) is 11.4. The Kier molecular flexibility index (Phi) is 7.72. The van der Waals surface area contributed by atoms with E-state index in [0.717, 1.165) is 37.6 Å². The number of nitrogens with one attached hydrogen (secondary N) is 1. The minimum atomic E-state index is 0.180. The second kappa shape index (κ2) is 9.23. The van der Waals surface area contributed by atoms with Crippen molar-refractivity contribution in [3.8, 4) is 0 Å². The second-order valence-electron chi connectivity index (χ2n) is 4.09. The minimum Gasteiger partial charge on any atom is -0.356 e. The van der Waals surface area contributed by atoms with Crippen molar-refractivity contribution in [1.29, 1.82) is 0 Å². The Hall–Kier alpha value is -0.830. The van der Waals surface area contributed by atoms with Gasteiger partial charge in [-0.25, -0.2) is 0 Å². The van der Waals surface area contributed by atoms with Gasteiger partial charge < -0.3 is 5.32 Å². The van der Waals surface area contributed by atoms with Crippen LogP contribution in [0.1, 0.15) is 31.2 Å². The zero-order chi connectivity index (χ0) is 12.3. The summed E-state index contributed by atoms with van der Waals surface area (Å²) in [5, 5.41) is 3.94. The monoisotopic (exact) mass is 297 g/mol. The molecule has 17 heavy (non-hydrogen) atoms. The lowest BCUT2D eigenvalue weighted by atomic mass is 10.1. The van der Waals surface area contributed by atoms with Crippen molar-refractivity contribution < 1.29 is 4.79 Å². The Morgan fingerprint density at radius 3 is 2.59 bits per heavy atom. The summed E-state index contributed by atoms with van der Waals surface area (Å²) >= 11 is 3.36. The molecule has 0 fully saturated rings. The van der Waals surface area contributed by atoms with E-state index in [4.69, 9.17) is 0 Å². The van der Waals surface area contributed by atoms with Gasteiger partial charge in [0.15, 0.2) is 0 Å². The molecule has 1 N–H and O–H groups in total. The van der Waals surface area contributed by atoms with Gasteiger partial charge in [0.2, 0.25) is 5.91 Å². The van der Waals surface area contributed by atoms with Gasteiger partial charge in [0.25, 0.3) is 0 Å². The molecule has 0 spiro atoms. The summed E-state index contributed by atoms with van der Waals surface area (Å²) in [5.74, 6) is 0.180. The maximum Gasteiger partial charge on any atom is 0.219 e. The molecule has 0 aliphatic rings. The highest BCUT2D eigenvalue weighted by Gasteiger charge is 1.99. The molecule has 0 aromatic heterocycles. The molecule has 1 amide bonds. The first kappa shape index (κ1) is 14.2. The smallest absolute Gasteiger partial charge is 0.219 e. The SMILES string of the molecule is O=C(CCCCBr)NCCCc1ccccc1. The summed E-state index contributed by atoms with van der Waals surface area (Å²) in [6.07, 6.45) is 4.72. The molecule has 0 bridgehead atoms. The number of carbonyl (C=O) groups excluding carboxylic acids is 1. The first-order valence-corrected chi connectivity index (χ1v) is 7.31. The van der Waals surface area contributed by atoms with Crippen molar-refractivity contribution in [3.63, 3.8) is 0 Å². The quantitative estimate of drug-likeness (QED) is 0.579. The lowest BCUT2D eigenvalue weighted by Gasteiger charge is -2.05. The van der Waals surface area contributed by atoms with Gasteiger partial charge in [0.05, 0.1) is 0 Å². The van der Waals surface area contributed by atoms with Crippen molar-refractivity contribution in [2.45, 2.75) is 32.1 Å². The standard InChI is InChI=1S/C14H20BrNO/c15-11-5-4-10-14(17)16-12-6-9-13-7-2-1-3-8-13/h1-3,7-8H,4-6,9-12H2,(H,16,17). The Labute approximate surface area is 112 Å². The Morgan fingerprint density at radius 1 is 1.12 bits per heavy atom. The van der Waals surface area contributed by atoms with Gasteiger partial charge in [-0.05, 0) is 31.2 Å². The molecule has 0 unspecified atom stereocenters. The van der Waals surface area contributed by atoms with Crippen LogP contribution in [0.25, 0.3) is 0 Å². The Bertz CT molecular complexity index is 313. The average Bonchev–Trinajstić information content (AvgIpc) is 2.36. The van der Waals surface area contributed by atoms with Gasteiger partial charge in [0.1, 0.15) is 0 Å². The molecule has 0 saturated heterocycles. The van der Waals surface area contributed by atoms with Crippen LogP contribution >= 0.6 is 15.9 Å². The van der Waals surface area contributed by atoms with Crippen LogP contribution < -0.4 is 5.32 Å². The number of amides is 1. The van der Waals surface area contributed by atoms with E-state index in [-0.39, 0.29) is 5.91 Å². The molecule has 1 rings (SSSR count). The number of hydrogen-bond donors (Lipinski definition) is 1. The number of alkyl halides is 1. The summed E-state index contributed by atoms with van der Waals surface area (Å²) in [7, 11) is 0. The van der Waals surface area contributed by atoms with E-state index in [1.54, 1.807) is 0 Å². The van der Waals surface area contributed by atoms with E-state index in [1.807, 2.05) is 18.2 Å². The molecule has 1 aromatic rings. The lowest BCUT2D eigenvalue weighted by Crippen LogP contribution is -2.24. The van der Waals surface area contributed by atoms with Gasteiger partial charge in [0, 0.05) is 18.3 Å². The number of unbranched alkanes of at least 4 members (excludes halogenated alkanes) is 1. The number of carbonyl (C=O) groups is 1. The van der Waals surface area contributed by atoms with Crippen LogP contribution in [0.3, 0.4) is 0 Å². The van der Waals surface area contributed by atoms with Crippen LogP contribution in [-0.2, 0) is 11.2 Å². The Morgan fingerprint density at radius 2 is 1.88 bits per heavy atom. The first-order valence-electron chi connectivity index (χ1n) is 6.19. The van der Waals surface area contributed by atoms with Crippen molar-refractivity contribution in [2.24, 2.45) is 0 Å². The summed E-state index contributed by atoms with van der Waals surface area (Å²) in [6, 6.07) is 10.4. The molecule has 1 aromatic carbocycles. The van der Waals surface area contributed by atoms with Gasteiger partial charge in [-0.2, -0.15) is 0 Å². The normalized spacial score (nSPS) is 10.2. The van der Waals surface area contributed by atoms with Crippen molar-refractivity contribution in [2.75, 3.05) is 11.9 Å². The number of aryl methyl sites for hydroxylation is 1. The maximum atomic E-state index is 11.4. The molecule has 94 valence electrons. The van der Waals surface area contributed by atoms with Crippen LogP contribution in [-0.4, -0.2) is 17.8 Å². The summed E-state index contributed by atoms with van der Waals surface area (Å²) in [5.41, 5.74) is 1.33. The molecule has 2 nitrogen and oxygen atoms in total. The minimum absolute atomic E-state index is 0.180. The molecule has 3 heteroatoms. The van der Waals surface area contributed by atoms with Crippen molar-refractivity contribution in [1.82, 2.24) is 5.32 Å². The fraction of sp³-hybridized carbons (Fsp3) is 0.500. The van der Waals surface area contributed by atoms with Crippen LogP contribution in [0.5, 0.6) is 0 Å². The number of rotatable bonds is 8. The van der Waals surface area contributed by atoms with Gasteiger partial charge in [-0.3, -0.25) is 4.79 Å². The number of hydrogen-bond acceptors (Lipinski definition) is 1. The number of halogens is 1. The molecule has 0 saturated carbocycles. The Balaban J connectivity index is 2.02. The summed E-state index contributed by atoms with van der Waals surface area (Å²) < 4.78 is 0. The highest BCUT2D eigenvalue weighted by molar-refractivity contribution is 9.09. The fourth-order valence-electron chi connectivity index (χ4n) is 1.63. The maximum absolute atomic E-state index is 11.4. The third-order valence-corrected chi connectivity index (χ3v) is 3.16. The van der Waals surface area contributed by atoms with Gasteiger partial charge >= 0.3 is 0 Å². The van der Waals surface area contributed by atoms with E-state index in [1.165, 1.54) is 5.56 Å².